The van der Waals surface area contributed by atoms with E-state index in [1.807, 2.05) is 38.1 Å². The number of rotatable bonds is 8. The van der Waals surface area contributed by atoms with Crippen LogP contribution in [-0.4, -0.2) is 36.1 Å². The van der Waals surface area contributed by atoms with Crippen LogP contribution in [-0.2, 0) is 6.54 Å². The van der Waals surface area contributed by atoms with Crippen molar-refractivity contribution in [2.24, 2.45) is 5.92 Å². The van der Waals surface area contributed by atoms with E-state index in [0.29, 0.717) is 25.4 Å². The van der Waals surface area contributed by atoms with E-state index in [0.717, 1.165) is 11.3 Å². The lowest BCUT2D eigenvalue weighted by Gasteiger charge is -2.20. The maximum Gasteiger partial charge on any atom is 0.118 e. The van der Waals surface area contributed by atoms with Crippen molar-refractivity contribution >= 4 is 0 Å². The molecule has 0 heterocycles. The van der Waals surface area contributed by atoms with Gasteiger partial charge in [0.25, 0.3) is 0 Å². The summed E-state index contributed by atoms with van der Waals surface area (Å²) in [6.45, 7) is 5.11. The van der Waals surface area contributed by atoms with Crippen LogP contribution in [0.15, 0.2) is 24.3 Å². The quantitative estimate of drug-likeness (QED) is 0.669. The number of benzene rings is 1. The third kappa shape index (κ3) is 6.05. The van der Waals surface area contributed by atoms with E-state index < -0.39 is 12.2 Å². The molecule has 0 fully saturated rings. The maximum atomic E-state index is 9.79. The number of nitrogens with one attached hydrogen (secondary N) is 1. The molecule has 0 aliphatic rings. The summed E-state index contributed by atoms with van der Waals surface area (Å²) in [5, 5.41) is 22.7. The summed E-state index contributed by atoms with van der Waals surface area (Å²) in [4.78, 5) is 0. The Morgan fingerprint density at radius 2 is 1.74 bits per heavy atom. The SMILES string of the molecule is COc1ccc(CNC[C@@H](O)[C@@H](O)CC(C)C)cc1. The molecule has 1 aromatic carbocycles. The van der Waals surface area contributed by atoms with Crippen molar-refractivity contribution in [1.82, 2.24) is 5.32 Å². The van der Waals surface area contributed by atoms with Gasteiger partial charge in [-0.2, -0.15) is 0 Å². The molecule has 2 atom stereocenters. The minimum atomic E-state index is -0.722. The second kappa shape index (κ2) is 8.15. The first kappa shape index (κ1) is 16.0. The summed E-state index contributed by atoms with van der Waals surface area (Å²) in [7, 11) is 1.64. The average molecular weight is 267 g/mol. The van der Waals surface area contributed by atoms with Crippen molar-refractivity contribution in [3.05, 3.63) is 29.8 Å². The average Bonchev–Trinajstić information content (AvgIpc) is 2.38. The summed E-state index contributed by atoms with van der Waals surface area (Å²) in [5.74, 6) is 1.21. The monoisotopic (exact) mass is 267 g/mol. The van der Waals surface area contributed by atoms with Gasteiger partial charge in [0, 0.05) is 13.1 Å². The molecule has 4 nitrogen and oxygen atoms in total. The first-order valence-corrected chi connectivity index (χ1v) is 6.72. The first-order chi connectivity index (χ1) is 9.02. The Morgan fingerprint density at radius 3 is 2.26 bits per heavy atom. The zero-order valence-corrected chi connectivity index (χ0v) is 12.0. The Kier molecular flexibility index (Phi) is 6.84. The third-order valence-corrected chi connectivity index (χ3v) is 3.00. The van der Waals surface area contributed by atoms with Crippen molar-refractivity contribution in [3.63, 3.8) is 0 Å². The molecule has 0 aliphatic carbocycles. The summed E-state index contributed by atoms with van der Waals surface area (Å²) in [6.07, 6.45) is -0.769. The van der Waals surface area contributed by atoms with Gasteiger partial charge in [-0.1, -0.05) is 26.0 Å². The largest absolute Gasteiger partial charge is 0.497 e. The minimum Gasteiger partial charge on any atom is -0.497 e. The van der Waals surface area contributed by atoms with Gasteiger partial charge in [-0.15, -0.1) is 0 Å². The Labute approximate surface area is 115 Å². The fraction of sp³-hybridized carbons (Fsp3) is 0.600. The standard InChI is InChI=1S/C15H25NO3/c1-11(2)8-14(17)15(18)10-16-9-12-4-6-13(19-3)7-5-12/h4-7,11,14-18H,8-10H2,1-3H3/t14-,15+/m0/s1. The number of methoxy groups -OCH3 is 1. The van der Waals surface area contributed by atoms with Crippen molar-refractivity contribution in [3.8, 4) is 5.75 Å². The van der Waals surface area contributed by atoms with Gasteiger partial charge in [-0.3, -0.25) is 0 Å². The van der Waals surface area contributed by atoms with Gasteiger partial charge in [0.15, 0.2) is 0 Å². The number of ether oxygens (including phenoxy) is 1. The smallest absolute Gasteiger partial charge is 0.118 e. The van der Waals surface area contributed by atoms with Crippen LogP contribution in [0.25, 0.3) is 0 Å². The molecule has 0 bridgehead atoms. The molecule has 4 heteroatoms. The molecule has 0 saturated carbocycles. The lowest BCUT2D eigenvalue weighted by atomic mass is 10.0. The highest BCUT2D eigenvalue weighted by atomic mass is 16.5. The van der Waals surface area contributed by atoms with Crippen LogP contribution < -0.4 is 10.1 Å². The Morgan fingerprint density at radius 1 is 1.11 bits per heavy atom. The topological polar surface area (TPSA) is 61.7 Å². The maximum absolute atomic E-state index is 9.79. The summed E-state index contributed by atoms with van der Waals surface area (Å²) >= 11 is 0. The van der Waals surface area contributed by atoms with Crippen LogP contribution in [0.4, 0.5) is 0 Å². The Hall–Kier alpha value is -1.10. The molecule has 19 heavy (non-hydrogen) atoms. The molecular formula is C15H25NO3. The van der Waals surface area contributed by atoms with Crippen molar-refractivity contribution in [1.29, 1.82) is 0 Å². The molecule has 0 saturated heterocycles. The molecule has 1 rings (SSSR count). The molecule has 0 spiro atoms. The molecule has 0 unspecified atom stereocenters. The highest BCUT2D eigenvalue weighted by molar-refractivity contribution is 5.26. The predicted molar refractivity (Wildman–Crippen MR) is 76.2 cm³/mol. The highest BCUT2D eigenvalue weighted by Gasteiger charge is 2.16. The van der Waals surface area contributed by atoms with Gasteiger partial charge >= 0.3 is 0 Å². The molecule has 0 amide bonds. The van der Waals surface area contributed by atoms with E-state index in [4.69, 9.17) is 4.74 Å². The molecule has 108 valence electrons. The number of aliphatic hydroxyl groups excluding tert-OH is 2. The normalized spacial score (nSPS) is 14.4. The highest BCUT2D eigenvalue weighted by Crippen LogP contribution is 2.11. The Bertz CT molecular complexity index is 351. The van der Waals surface area contributed by atoms with Crippen LogP contribution in [0.3, 0.4) is 0 Å². The van der Waals surface area contributed by atoms with E-state index in [1.54, 1.807) is 7.11 Å². The van der Waals surface area contributed by atoms with Crippen LogP contribution in [0.5, 0.6) is 5.75 Å². The summed E-state index contributed by atoms with van der Waals surface area (Å²) in [5.41, 5.74) is 1.12. The van der Waals surface area contributed by atoms with Gasteiger partial charge in [-0.05, 0) is 30.0 Å². The lowest BCUT2D eigenvalue weighted by molar-refractivity contribution is 0.00826. The molecule has 3 N–H and O–H groups in total. The van der Waals surface area contributed by atoms with Gasteiger partial charge in [0.2, 0.25) is 0 Å². The van der Waals surface area contributed by atoms with Gasteiger partial charge in [-0.25, -0.2) is 0 Å². The van der Waals surface area contributed by atoms with E-state index in [2.05, 4.69) is 5.32 Å². The lowest BCUT2D eigenvalue weighted by Crippen LogP contribution is -2.36. The molecule has 0 aromatic heterocycles. The van der Waals surface area contributed by atoms with Gasteiger partial charge < -0.3 is 20.3 Å². The molecular weight excluding hydrogens is 242 g/mol. The zero-order chi connectivity index (χ0) is 14.3. The van der Waals surface area contributed by atoms with Gasteiger partial charge in [0.1, 0.15) is 5.75 Å². The summed E-state index contributed by atoms with van der Waals surface area (Å²) in [6, 6.07) is 7.76. The third-order valence-electron chi connectivity index (χ3n) is 3.00. The van der Waals surface area contributed by atoms with Crippen molar-refractivity contribution in [2.45, 2.75) is 39.0 Å². The minimum absolute atomic E-state index is 0.381. The zero-order valence-electron chi connectivity index (χ0n) is 12.0. The van der Waals surface area contributed by atoms with Crippen LogP contribution in [0.1, 0.15) is 25.8 Å². The first-order valence-electron chi connectivity index (χ1n) is 6.72. The van der Waals surface area contributed by atoms with E-state index in [9.17, 15) is 10.2 Å². The fourth-order valence-electron chi connectivity index (χ4n) is 1.88. The number of aliphatic hydroxyl groups is 2. The van der Waals surface area contributed by atoms with Crippen molar-refractivity contribution < 1.29 is 14.9 Å². The molecule has 1 aromatic rings. The second-order valence-corrected chi connectivity index (χ2v) is 5.24. The van der Waals surface area contributed by atoms with E-state index >= 15 is 0 Å². The van der Waals surface area contributed by atoms with Crippen LogP contribution >= 0.6 is 0 Å². The van der Waals surface area contributed by atoms with E-state index in [-0.39, 0.29) is 0 Å². The predicted octanol–water partition coefficient (Wildman–Crippen LogP) is 1.55. The Balaban J connectivity index is 2.28. The van der Waals surface area contributed by atoms with Gasteiger partial charge in [0.05, 0.1) is 19.3 Å². The second-order valence-electron chi connectivity index (χ2n) is 5.24. The van der Waals surface area contributed by atoms with Crippen LogP contribution in [0, 0.1) is 5.92 Å². The fourth-order valence-corrected chi connectivity index (χ4v) is 1.88. The van der Waals surface area contributed by atoms with E-state index in [1.165, 1.54) is 0 Å². The summed E-state index contributed by atoms with van der Waals surface area (Å²) < 4.78 is 5.09. The number of hydrogen-bond donors (Lipinski definition) is 3. The molecule has 0 radical (unpaired) electrons. The van der Waals surface area contributed by atoms with Crippen LogP contribution in [0.2, 0.25) is 0 Å². The number of hydrogen-bond acceptors (Lipinski definition) is 4. The molecule has 0 aliphatic heterocycles. The van der Waals surface area contributed by atoms with Crippen molar-refractivity contribution in [2.75, 3.05) is 13.7 Å².